The molecule has 0 aliphatic rings. The second-order valence-electron chi connectivity index (χ2n) is 4.46. The first-order valence-corrected chi connectivity index (χ1v) is 8.98. The van der Waals surface area contributed by atoms with E-state index in [9.17, 15) is 8.42 Å². The van der Waals surface area contributed by atoms with Crippen LogP contribution < -0.4 is 10.5 Å². The summed E-state index contributed by atoms with van der Waals surface area (Å²) < 4.78 is 29.4. The van der Waals surface area contributed by atoms with Gasteiger partial charge in [0.15, 0.2) is 0 Å². The van der Waals surface area contributed by atoms with Crippen LogP contribution in [0.4, 0.5) is 5.69 Å². The summed E-state index contributed by atoms with van der Waals surface area (Å²) >= 11 is 4.57. The molecule has 20 heavy (non-hydrogen) atoms. The van der Waals surface area contributed by atoms with Gasteiger partial charge >= 0.3 is 0 Å². The summed E-state index contributed by atoms with van der Waals surface area (Å²) in [6.45, 7) is 4.24. The topological polar surface area (TPSA) is 90.0 Å². The number of aromatic nitrogens is 2. The second kappa shape index (κ2) is 5.84. The molecule has 9 heteroatoms. The lowest BCUT2D eigenvalue weighted by Gasteiger charge is -2.05. The van der Waals surface area contributed by atoms with Crippen LogP contribution in [-0.2, 0) is 16.6 Å². The fourth-order valence-electron chi connectivity index (χ4n) is 1.56. The van der Waals surface area contributed by atoms with Crippen LogP contribution in [-0.4, -0.2) is 18.2 Å². The Morgan fingerprint density at radius 3 is 2.75 bits per heavy atom. The molecule has 6 nitrogen and oxygen atoms in total. The number of halogens is 1. The maximum Gasteiger partial charge on any atom is 0.263 e. The van der Waals surface area contributed by atoms with E-state index in [0.29, 0.717) is 16.0 Å². The molecule has 0 fully saturated rings. The summed E-state index contributed by atoms with van der Waals surface area (Å²) in [5, 5.41) is 4.10. The van der Waals surface area contributed by atoms with E-state index in [0.717, 1.165) is 4.88 Å². The van der Waals surface area contributed by atoms with Crippen molar-refractivity contribution in [2.75, 3.05) is 4.72 Å². The fraction of sp³-hybridized carbons (Fsp3) is 0.364. The van der Waals surface area contributed by atoms with Gasteiger partial charge in [0.1, 0.15) is 4.90 Å². The van der Waals surface area contributed by atoms with Gasteiger partial charge < -0.3 is 5.73 Å². The van der Waals surface area contributed by atoms with Gasteiger partial charge in [0.2, 0.25) is 0 Å². The highest BCUT2D eigenvalue weighted by molar-refractivity contribution is 9.11. The van der Waals surface area contributed by atoms with Crippen LogP contribution in [0.25, 0.3) is 0 Å². The lowest BCUT2D eigenvalue weighted by atomic mass is 10.4. The zero-order chi connectivity index (χ0) is 14.9. The number of hydrogen-bond donors (Lipinski definition) is 2. The Morgan fingerprint density at radius 2 is 2.25 bits per heavy atom. The van der Waals surface area contributed by atoms with Gasteiger partial charge in [0.25, 0.3) is 10.0 Å². The van der Waals surface area contributed by atoms with Crippen LogP contribution in [0, 0.1) is 0 Å². The minimum absolute atomic E-state index is 0.171. The van der Waals surface area contributed by atoms with Crippen molar-refractivity contribution in [2.45, 2.75) is 31.3 Å². The van der Waals surface area contributed by atoms with Crippen LogP contribution in [0.15, 0.2) is 27.1 Å². The van der Waals surface area contributed by atoms with Crippen molar-refractivity contribution in [3.8, 4) is 0 Å². The quantitative estimate of drug-likeness (QED) is 0.836. The average Bonchev–Trinajstić information content (AvgIpc) is 2.95. The minimum atomic E-state index is -3.64. The number of rotatable bonds is 5. The molecule has 0 amide bonds. The monoisotopic (exact) mass is 378 g/mol. The van der Waals surface area contributed by atoms with E-state index in [4.69, 9.17) is 5.73 Å². The number of nitrogens with one attached hydrogen (secondary N) is 1. The van der Waals surface area contributed by atoms with Crippen molar-refractivity contribution in [3.63, 3.8) is 0 Å². The molecular formula is C11H15BrN4O2S2. The molecule has 0 atom stereocenters. The molecule has 0 aromatic carbocycles. The molecule has 0 radical (unpaired) electrons. The van der Waals surface area contributed by atoms with Gasteiger partial charge in [-0.2, -0.15) is 5.10 Å². The molecule has 3 N–H and O–H groups in total. The first-order chi connectivity index (χ1) is 9.33. The molecule has 0 saturated carbocycles. The first-order valence-electron chi connectivity index (χ1n) is 5.88. The number of nitrogens with zero attached hydrogens (tertiary/aromatic N) is 2. The number of nitrogens with two attached hydrogens (primary N) is 1. The summed E-state index contributed by atoms with van der Waals surface area (Å²) in [6, 6.07) is 1.74. The molecule has 110 valence electrons. The number of anilines is 1. The van der Waals surface area contributed by atoms with Gasteiger partial charge in [-0.3, -0.25) is 9.40 Å². The number of thiophene rings is 1. The smallest absolute Gasteiger partial charge is 0.263 e. The Labute approximate surface area is 130 Å². The van der Waals surface area contributed by atoms with Gasteiger partial charge in [-0.25, -0.2) is 8.42 Å². The summed E-state index contributed by atoms with van der Waals surface area (Å²) in [5.74, 6) is 0. The third-order valence-electron chi connectivity index (χ3n) is 2.58. The van der Waals surface area contributed by atoms with E-state index in [-0.39, 0.29) is 10.9 Å². The maximum atomic E-state index is 12.3. The molecule has 0 bridgehead atoms. The van der Waals surface area contributed by atoms with Gasteiger partial charge in [0, 0.05) is 23.7 Å². The van der Waals surface area contributed by atoms with E-state index in [1.165, 1.54) is 17.5 Å². The van der Waals surface area contributed by atoms with Gasteiger partial charge in [-0.15, -0.1) is 11.3 Å². The van der Waals surface area contributed by atoms with E-state index in [1.807, 2.05) is 13.8 Å². The first kappa shape index (κ1) is 15.5. The molecule has 0 aliphatic heterocycles. The summed E-state index contributed by atoms with van der Waals surface area (Å²) in [5.41, 5.74) is 5.96. The molecule has 2 heterocycles. The van der Waals surface area contributed by atoms with Crippen LogP contribution in [0.5, 0.6) is 0 Å². The molecule has 0 unspecified atom stereocenters. The van der Waals surface area contributed by atoms with Crippen molar-refractivity contribution in [2.24, 2.45) is 5.73 Å². The van der Waals surface area contributed by atoms with Gasteiger partial charge in [0.05, 0.1) is 15.7 Å². The van der Waals surface area contributed by atoms with Gasteiger partial charge in [-0.05, 0) is 35.8 Å². The molecule has 2 aromatic rings. The zero-order valence-electron chi connectivity index (χ0n) is 11.0. The van der Waals surface area contributed by atoms with Crippen molar-refractivity contribution in [3.05, 3.63) is 27.1 Å². The number of hydrogen-bond acceptors (Lipinski definition) is 5. The largest absolute Gasteiger partial charge is 0.326 e. The maximum absolute atomic E-state index is 12.3. The number of sulfonamides is 1. The van der Waals surface area contributed by atoms with E-state index >= 15 is 0 Å². The van der Waals surface area contributed by atoms with Crippen LogP contribution in [0.1, 0.15) is 24.8 Å². The summed E-state index contributed by atoms with van der Waals surface area (Å²) in [4.78, 5) is 0.996. The Bertz CT molecular complexity index is 706. The van der Waals surface area contributed by atoms with E-state index in [1.54, 1.807) is 16.9 Å². The molecule has 0 spiro atoms. The second-order valence-corrected chi connectivity index (χ2v) is 8.57. The highest BCUT2D eigenvalue weighted by Gasteiger charge is 2.21. The van der Waals surface area contributed by atoms with E-state index < -0.39 is 10.0 Å². The molecule has 2 rings (SSSR count). The summed E-state index contributed by atoms with van der Waals surface area (Å²) in [7, 11) is -3.64. The Kier molecular flexibility index (Phi) is 4.52. The highest BCUT2D eigenvalue weighted by Crippen LogP contribution is 2.32. The highest BCUT2D eigenvalue weighted by atomic mass is 79.9. The molecule has 2 aromatic heterocycles. The Hall–Kier alpha value is -0.900. The fourth-order valence-corrected chi connectivity index (χ4v) is 5.16. The Balaban J connectivity index is 2.28. The van der Waals surface area contributed by atoms with Crippen LogP contribution in [0.2, 0.25) is 0 Å². The minimum Gasteiger partial charge on any atom is -0.326 e. The lowest BCUT2D eigenvalue weighted by molar-refractivity contribution is 0.532. The van der Waals surface area contributed by atoms with Gasteiger partial charge in [-0.1, -0.05) is 0 Å². The molecular weight excluding hydrogens is 364 g/mol. The van der Waals surface area contributed by atoms with Crippen molar-refractivity contribution in [1.29, 1.82) is 0 Å². The Morgan fingerprint density at radius 1 is 1.55 bits per heavy atom. The predicted octanol–water partition coefficient (Wildman–Crippen LogP) is 2.55. The molecule has 0 aliphatic carbocycles. The predicted molar refractivity (Wildman–Crippen MR) is 83.3 cm³/mol. The summed E-state index contributed by atoms with van der Waals surface area (Å²) in [6.07, 6.45) is 3.15. The zero-order valence-corrected chi connectivity index (χ0v) is 14.2. The van der Waals surface area contributed by atoms with E-state index in [2.05, 4.69) is 25.8 Å². The third kappa shape index (κ3) is 3.22. The third-order valence-corrected chi connectivity index (χ3v) is 6.24. The lowest BCUT2D eigenvalue weighted by Crippen LogP contribution is -2.12. The van der Waals surface area contributed by atoms with Crippen LogP contribution in [0.3, 0.4) is 0 Å². The normalized spacial score (nSPS) is 12.1. The average molecular weight is 379 g/mol. The SMILES string of the molecule is CC(C)n1cc(NS(=O)(=O)c2cc(CN)sc2Br)cn1. The van der Waals surface area contributed by atoms with Crippen molar-refractivity contribution in [1.82, 2.24) is 9.78 Å². The van der Waals surface area contributed by atoms with Crippen LogP contribution >= 0.6 is 27.3 Å². The van der Waals surface area contributed by atoms with Crippen molar-refractivity contribution < 1.29 is 8.42 Å². The standard InChI is InChI=1S/C11H15BrN4O2S2/c1-7(2)16-6-8(5-14-16)15-20(17,18)10-3-9(4-13)19-11(10)12/h3,5-7,15H,4,13H2,1-2H3. The van der Waals surface area contributed by atoms with Crippen molar-refractivity contribution >= 4 is 43.0 Å². The molecule has 0 saturated heterocycles.